The fourth-order valence-corrected chi connectivity index (χ4v) is 1.60. The van der Waals surface area contributed by atoms with Crippen LogP contribution in [0.1, 0.15) is 11.1 Å². The third-order valence-electron chi connectivity index (χ3n) is 2.50. The number of benzene rings is 1. The normalized spacial score (nSPS) is 10.4. The SMILES string of the molecule is NCc1cn(Cc2ccccc2)c(=O)[nH]c1=O. The van der Waals surface area contributed by atoms with Gasteiger partial charge in [0.25, 0.3) is 5.56 Å². The summed E-state index contributed by atoms with van der Waals surface area (Å²) in [6, 6.07) is 9.54. The Hall–Kier alpha value is -2.14. The van der Waals surface area contributed by atoms with Crippen molar-refractivity contribution in [3.05, 3.63) is 68.5 Å². The lowest BCUT2D eigenvalue weighted by atomic mass is 10.2. The maximum Gasteiger partial charge on any atom is 0.328 e. The molecule has 1 aromatic carbocycles. The van der Waals surface area contributed by atoms with Crippen LogP contribution in [0, 0.1) is 0 Å². The average Bonchev–Trinajstić information content (AvgIpc) is 2.34. The zero-order valence-electron chi connectivity index (χ0n) is 9.22. The van der Waals surface area contributed by atoms with Crippen LogP contribution in [0.2, 0.25) is 0 Å². The van der Waals surface area contributed by atoms with Gasteiger partial charge < -0.3 is 5.73 Å². The predicted octanol–water partition coefficient (Wildman–Crippen LogP) is 0.0436. The smallest absolute Gasteiger partial charge is 0.326 e. The molecule has 0 aliphatic rings. The molecular formula is C12H13N3O2. The monoisotopic (exact) mass is 231 g/mol. The molecule has 0 saturated heterocycles. The summed E-state index contributed by atoms with van der Waals surface area (Å²) >= 11 is 0. The Labute approximate surface area is 97.5 Å². The van der Waals surface area contributed by atoms with Crippen molar-refractivity contribution in [3.8, 4) is 0 Å². The summed E-state index contributed by atoms with van der Waals surface area (Å²) in [5.41, 5.74) is 5.99. The van der Waals surface area contributed by atoms with Crippen LogP contribution >= 0.6 is 0 Å². The molecule has 5 heteroatoms. The van der Waals surface area contributed by atoms with Crippen LogP contribution in [0.4, 0.5) is 0 Å². The molecule has 0 atom stereocenters. The van der Waals surface area contributed by atoms with Crippen LogP contribution in [0.3, 0.4) is 0 Å². The van der Waals surface area contributed by atoms with Gasteiger partial charge in [0.2, 0.25) is 0 Å². The van der Waals surface area contributed by atoms with E-state index in [9.17, 15) is 9.59 Å². The molecule has 0 spiro atoms. The highest BCUT2D eigenvalue weighted by Gasteiger charge is 2.03. The first-order valence-corrected chi connectivity index (χ1v) is 5.27. The number of hydrogen-bond donors (Lipinski definition) is 2. The summed E-state index contributed by atoms with van der Waals surface area (Å²) in [7, 11) is 0. The van der Waals surface area contributed by atoms with Gasteiger partial charge in [-0.1, -0.05) is 30.3 Å². The van der Waals surface area contributed by atoms with Gasteiger partial charge >= 0.3 is 5.69 Å². The number of nitrogens with one attached hydrogen (secondary N) is 1. The lowest BCUT2D eigenvalue weighted by molar-refractivity contribution is 0.706. The fraction of sp³-hybridized carbons (Fsp3) is 0.167. The van der Waals surface area contributed by atoms with Crippen molar-refractivity contribution in [1.82, 2.24) is 9.55 Å². The maximum absolute atomic E-state index is 11.6. The van der Waals surface area contributed by atoms with Crippen molar-refractivity contribution in [3.63, 3.8) is 0 Å². The Bertz CT molecular complexity index is 614. The molecule has 2 aromatic rings. The highest BCUT2D eigenvalue weighted by molar-refractivity contribution is 5.15. The number of H-pyrrole nitrogens is 1. The highest BCUT2D eigenvalue weighted by Crippen LogP contribution is 2.00. The maximum atomic E-state index is 11.6. The van der Waals surface area contributed by atoms with Gasteiger partial charge in [0.15, 0.2) is 0 Å². The Morgan fingerprint density at radius 1 is 1.18 bits per heavy atom. The van der Waals surface area contributed by atoms with Gasteiger partial charge in [-0.2, -0.15) is 0 Å². The van der Waals surface area contributed by atoms with Crippen molar-refractivity contribution < 1.29 is 0 Å². The van der Waals surface area contributed by atoms with Crippen molar-refractivity contribution in [2.75, 3.05) is 0 Å². The van der Waals surface area contributed by atoms with Gasteiger partial charge in [0.05, 0.1) is 6.54 Å². The van der Waals surface area contributed by atoms with Gasteiger partial charge in [-0.3, -0.25) is 14.3 Å². The van der Waals surface area contributed by atoms with Gasteiger partial charge in [0, 0.05) is 18.3 Å². The Balaban J connectivity index is 2.40. The first-order chi connectivity index (χ1) is 8.20. The third kappa shape index (κ3) is 2.51. The van der Waals surface area contributed by atoms with E-state index in [1.54, 1.807) is 0 Å². The molecule has 0 bridgehead atoms. The second-order valence-electron chi connectivity index (χ2n) is 3.73. The molecule has 3 N–H and O–H groups in total. The van der Waals surface area contributed by atoms with Gasteiger partial charge in [0.1, 0.15) is 0 Å². The van der Waals surface area contributed by atoms with Crippen molar-refractivity contribution in [2.45, 2.75) is 13.1 Å². The molecule has 0 amide bonds. The van der Waals surface area contributed by atoms with Gasteiger partial charge in [-0.05, 0) is 5.56 Å². The fourth-order valence-electron chi connectivity index (χ4n) is 1.60. The largest absolute Gasteiger partial charge is 0.328 e. The molecular weight excluding hydrogens is 218 g/mol. The van der Waals surface area contributed by atoms with E-state index in [4.69, 9.17) is 5.73 Å². The summed E-state index contributed by atoms with van der Waals surface area (Å²) in [4.78, 5) is 25.2. The van der Waals surface area contributed by atoms with Crippen molar-refractivity contribution in [1.29, 1.82) is 0 Å². The first kappa shape index (κ1) is 11.3. The van der Waals surface area contributed by atoms with Gasteiger partial charge in [-0.15, -0.1) is 0 Å². The van der Waals surface area contributed by atoms with E-state index < -0.39 is 11.2 Å². The molecule has 0 unspecified atom stereocenters. The summed E-state index contributed by atoms with van der Waals surface area (Å²) in [5.74, 6) is 0. The quantitative estimate of drug-likeness (QED) is 0.782. The molecule has 0 aliphatic heterocycles. The molecule has 0 fully saturated rings. The number of aromatic nitrogens is 2. The molecule has 5 nitrogen and oxygen atoms in total. The van der Waals surface area contributed by atoms with Gasteiger partial charge in [-0.25, -0.2) is 4.79 Å². The number of aromatic amines is 1. The zero-order chi connectivity index (χ0) is 12.3. The standard InChI is InChI=1S/C12H13N3O2/c13-6-10-8-15(12(17)14-11(10)16)7-9-4-2-1-3-5-9/h1-5,8H,6-7,13H2,(H,14,16,17). The molecule has 1 aromatic heterocycles. The van der Waals surface area contributed by atoms with E-state index >= 15 is 0 Å². The molecule has 0 aliphatic carbocycles. The van der Waals surface area contributed by atoms with Crippen molar-refractivity contribution >= 4 is 0 Å². The minimum atomic E-state index is -0.420. The minimum absolute atomic E-state index is 0.115. The Kier molecular flexibility index (Phi) is 3.20. The number of nitrogens with two attached hydrogens (primary N) is 1. The molecule has 0 radical (unpaired) electrons. The van der Waals surface area contributed by atoms with E-state index in [0.717, 1.165) is 5.56 Å². The van der Waals surface area contributed by atoms with Crippen molar-refractivity contribution in [2.24, 2.45) is 5.73 Å². The van der Waals surface area contributed by atoms with E-state index in [2.05, 4.69) is 4.98 Å². The molecule has 0 saturated carbocycles. The van der Waals surface area contributed by atoms with E-state index in [1.807, 2.05) is 30.3 Å². The lowest BCUT2D eigenvalue weighted by Gasteiger charge is -2.06. The second-order valence-corrected chi connectivity index (χ2v) is 3.73. The lowest BCUT2D eigenvalue weighted by Crippen LogP contribution is -2.32. The Morgan fingerprint density at radius 2 is 1.88 bits per heavy atom. The highest BCUT2D eigenvalue weighted by atomic mass is 16.2. The van der Waals surface area contributed by atoms with E-state index in [1.165, 1.54) is 10.8 Å². The Morgan fingerprint density at radius 3 is 2.53 bits per heavy atom. The first-order valence-electron chi connectivity index (χ1n) is 5.27. The van der Waals surface area contributed by atoms with Crippen LogP contribution < -0.4 is 17.0 Å². The zero-order valence-corrected chi connectivity index (χ0v) is 9.22. The summed E-state index contributed by atoms with van der Waals surface area (Å²) in [5, 5.41) is 0. The topological polar surface area (TPSA) is 80.9 Å². The van der Waals surface area contributed by atoms with E-state index in [0.29, 0.717) is 12.1 Å². The van der Waals surface area contributed by atoms with Crippen LogP contribution in [0.15, 0.2) is 46.1 Å². The predicted molar refractivity (Wildman–Crippen MR) is 64.8 cm³/mol. The molecule has 2 rings (SSSR count). The summed E-state index contributed by atoms with van der Waals surface area (Å²) in [6.07, 6.45) is 1.51. The van der Waals surface area contributed by atoms with E-state index in [-0.39, 0.29) is 6.54 Å². The number of nitrogens with zero attached hydrogens (tertiary/aromatic N) is 1. The van der Waals surface area contributed by atoms with Crippen LogP contribution in [0.25, 0.3) is 0 Å². The number of hydrogen-bond acceptors (Lipinski definition) is 3. The summed E-state index contributed by atoms with van der Waals surface area (Å²) < 4.78 is 1.44. The van der Waals surface area contributed by atoms with Crippen LogP contribution in [-0.4, -0.2) is 9.55 Å². The second kappa shape index (κ2) is 4.80. The summed E-state index contributed by atoms with van der Waals surface area (Å²) in [6.45, 7) is 0.536. The minimum Gasteiger partial charge on any atom is -0.326 e. The van der Waals surface area contributed by atoms with Crippen LogP contribution in [0.5, 0.6) is 0 Å². The average molecular weight is 231 g/mol. The van der Waals surface area contributed by atoms with Crippen LogP contribution in [-0.2, 0) is 13.1 Å². The molecule has 17 heavy (non-hydrogen) atoms. The third-order valence-corrected chi connectivity index (χ3v) is 2.50. The molecule has 88 valence electrons. The number of rotatable bonds is 3. The molecule has 1 heterocycles.